The zero-order valence-electron chi connectivity index (χ0n) is 13.0. The lowest BCUT2D eigenvalue weighted by Gasteiger charge is -2.30. The number of carbonyl (C=O) groups is 1. The zero-order valence-corrected chi connectivity index (χ0v) is 13.0. The summed E-state index contributed by atoms with van der Waals surface area (Å²) in [6.07, 6.45) is 0.703. The molecule has 2 aromatic rings. The molecule has 0 saturated heterocycles. The van der Waals surface area contributed by atoms with Crippen molar-refractivity contribution < 1.29 is 14.6 Å². The van der Waals surface area contributed by atoms with Gasteiger partial charge in [0.05, 0.1) is 7.11 Å². The number of hydrogen-bond donors (Lipinski definition) is 1. The van der Waals surface area contributed by atoms with E-state index in [1.807, 2.05) is 43.3 Å². The first-order valence-corrected chi connectivity index (χ1v) is 7.21. The largest absolute Gasteiger partial charge is 0.497 e. The Hall–Kier alpha value is -1.87. The Morgan fingerprint density at radius 3 is 2.43 bits per heavy atom. The van der Waals surface area contributed by atoms with Gasteiger partial charge in [-0.1, -0.05) is 31.2 Å². The first-order valence-electron chi connectivity index (χ1n) is 7.21. The lowest BCUT2D eigenvalue weighted by Crippen LogP contribution is -2.39. The summed E-state index contributed by atoms with van der Waals surface area (Å²) >= 11 is 0. The minimum Gasteiger partial charge on any atom is -0.497 e. The topological polar surface area (TPSA) is 46.5 Å². The van der Waals surface area contributed by atoms with Crippen LogP contribution in [-0.4, -0.2) is 23.6 Å². The highest BCUT2D eigenvalue weighted by Crippen LogP contribution is 2.34. The molecule has 2 aromatic carbocycles. The zero-order chi connectivity index (χ0) is 15.6. The maximum absolute atomic E-state index is 11.7. The smallest absolute Gasteiger partial charge is 0.161 e. The normalized spacial score (nSPS) is 15.5. The summed E-state index contributed by atoms with van der Waals surface area (Å²) in [5.74, 6) is 0.406. The van der Waals surface area contributed by atoms with Crippen LogP contribution in [0.5, 0.6) is 5.75 Å². The Bertz CT molecular complexity index is 659. The minimum absolute atomic E-state index is 0.204. The van der Waals surface area contributed by atoms with Crippen LogP contribution in [0.15, 0.2) is 36.4 Å². The standard InChI is InChI=1S/C18H22O3/c1-5-17(18(3,20)12(2)19)15-7-6-14-11-16(21-4)9-8-13(14)10-15/h6-11,17,20H,5H2,1-4H3. The quantitative estimate of drug-likeness (QED) is 0.912. The summed E-state index contributed by atoms with van der Waals surface area (Å²) in [5.41, 5.74) is -0.357. The first kappa shape index (κ1) is 15.5. The fourth-order valence-corrected chi connectivity index (χ4v) is 2.79. The predicted molar refractivity (Wildman–Crippen MR) is 84.8 cm³/mol. The SMILES string of the molecule is CCC(c1ccc2cc(OC)ccc2c1)C(C)(O)C(C)=O. The highest BCUT2D eigenvalue weighted by atomic mass is 16.5. The van der Waals surface area contributed by atoms with Gasteiger partial charge in [0.1, 0.15) is 11.4 Å². The fourth-order valence-electron chi connectivity index (χ4n) is 2.79. The summed E-state index contributed by atoms with van der Waals surface area (Å²) in [4.78, 5) is 11.7. The molecule has 0 aliphatic carbocycles. The summed E-state index contributed by atoms with van der Waals surface area (Å²) in [6, 6.07) is 11.9. The molecule has 0 aliphatic heterocycles. The first-order chi connectivity index (χ1) is 9.90. The van der Waals surface area contributed by atoms with Crippen LogP contribution in [0.3, 0.4) is 0 Å². The van der Waals surface area contributed by atoms with Crippen molar-refractivity contribution in [3.05, 3.63) is 42.0 Å². The van der Waals surface area contributed by atoms with E-state index in [2.05, 4.69) is 0 Å². The number of fused-ring (bicyclic) bond motifs is 1. The van der Waals surface area contributed by atoms with Crippen molar-refractivity contribution in [3.63, 3.8) is 0 Å². The highest BCUT2D eigenvalue weighted by Gasteiger charge is 2.36. The third kappa shape index (κ3) is 2.93. The van der Waals surface area contributed by atoms with Gasteiger partial charge in [0, 0.05) is 5.92 Å². The van der Waals surface area contributed by atoms with Crippen molar-refractivity contribution in [1.29, 1.82) is 0 Å². The molecule has 0 bridgehead atoms. The molecule has 0 fully saturated rings. The number of ether oxygens (including phenoxy) is 1. The van der Waals surface area contributed by atoms with Crippen LogP contribution in [0.1, 0.15) is 38.7 Å². The third-order valence-corrected chi connectivity index (χ3v) is 4.27. The molecule has 0 heterocycles. The number of ketones is 1. The van der Waals surface area contributed by atoms with Crippen molar-refractivity contribution in [3.8, 4) is 5.75 Å². The van der Waals surface area contributed by atoms with Gasteiger partial charge in [0.25, 0.3) is 0 Å². The van der Waals surface area contributed by atoms with Gasteiger partial charge in [-0.25, -0.2) is 0 Å². The summed E-state index contributed by atoms with van der Waals surface area (Å²) < 4.78 is 5.22. The molecule has 21 heavy (non-hydrogen) atoms. The lowest BCUT2D eigenvalue weighted by molar-refractivity contribution is -0.135. The van der Waals surface area contributed by atoms with Gasteiger partial charge >= 0.3 is 0 Å². The summed E-state index contributed by atoms with van der Waals surface area (Å²) in [7, 11) is 1.65. The average Bonchev–Trinajstić information content (AvgIpc) is 2.47. The molecule has 2 unspecified atom stereocenters. The Morgan fingerprint density at radius 1 is 1.24 bits per heavy atom. The maximum atomic E-state index is 11.7. The molecule has 3 heteroatoms. The highest BCUT2D eigenvalue weighted by molar-refractivity contribution is 5.87. The average molecular weight is 286 g/mol. The van der Waals surface area contributed by atoms with E-state index >= 15 is 0 Å². The Balaban J connectivity index is 2.48. The molecule has 0 radical (unpaired) electrons. The van der Waals surface area contributed by atoms with Crippen molar-refractivity contribution >= 4 is 16.6 Å². The molecule has 0 spiro atoms. The third-order valence-electron chi connectivity index (χ3n) is 4.27. The predicted octanol–water partition coefficient (Wildman–Crippen LogP) is 3.68. The van der Waals surface area contributed by atoms with Gasteiger partial charge in [-0.3, -0.25) is 4.79 Å². The second-order valence-electron chi connectivity index (χ2n) is 5.64. The summed E-state index contributed by atoms with van der Waals surface area (Å²) in [5, 5.41) is 12.6. The van der Waals surface area contributed by atoms with Crippen LogP contribution in [-0.2, 0) is 4.79 Å². The van der Waals surface area contributed by atoms with E-state index < -0.39 is 5.60 Å². The van der Waals surface area contributed by atoms with Crippen LogP contribution >= 0.6 is 0 Å². The number of benzene rings is 2. The molecule has 2 atom stereocenters. The van der Waals surface area contributed by atoms with Crippen LogP contribution in [0.25, 0.3) is 10.8 Å². The molecular formula is C18H22O3. The van der Waals surface area contributed by atoms with Crippen molar-refractivity contribution in [2.24, 2.45) is 0 Å². The van der Waals surface area contributed by atoms with Gasteiger partial charge in [0.15, 0.2) is 5.78 Å². The molecule has 3 nitrogen and oxygen atoms in total. The monoisotopic (exact) mass is 286 g/mol. The van der Waals surface area contributed by atoms with Crippen LogP contribution < -0.4 is 4.74 Å². The number of rotatable bonds is 5. The molecule has 0 saturated carbocycles. The number of aliphatic hydroxyl groups is 1. The Morgan fingerprint density at radius 2 is 1.86 bits per heavy atom. The fraction of sp³-hybridized carbons (Fsp3) is 0.389. The van der Waals surface area contributed by atoms with Crippen molar-refractivity contribution in [1.82, 2.24) is 0 Å². The minimum atomic E-state index is -1.34. The van der Waals surface area contributed by atoms with Crippen molar-refractivity contribution in [2.45, 2.75) is 38.7 Å². The van der Waals surface area contributed by atoms with Gasteiger partial charge in [-0.15, -0.1) is 0 Å². The molecule has 112 valence electrons. The molecule has 1 N–H and O–H groups in total. The molecule has 2 rings (SSSR count). The van der Waals surface area contributed by atoms with Gasteiger partial charge in [-0.05, 0) is 48.7 Å². The van der Waals surface area contributed by atoms with E-state index in [9.17, 15) is 9.90 Å². The number of carbonyl (C=O) groups excluding carboxylic acids is 1. The second-order valence-corrected chi connectivity index (χ2v) is 5.64. The van der Waals surface area contributed by atoms with E-state index in [4.69, 9.17) is 4.74 Å². The van der Waals surface area contributed by atoms with Gasteiger partial charge in [-0.2, -0.15) is 0 Å². The number of Topliss-reactive ketones (excluding diaryl/α,β-unsaturated/α-hetero) is 1. The van der Waals surface area contributed by atoms with E-state index in [0.29, 0.717) is 6.42 Å². The van der Waals surface area contributed by atoms with E-state index in [1.165, 1.54) is 6.92 Å². The van der Waals surface area contributed by atoms with Crippen LogP contribution in [0, 0.1) is 0 Å². The van der Waals surface area contributed by atoms with Gasteiger partial charge < -0.3 is 9.84 Å². The summed E-state index contributed by atoms with van der Waals surface area (Å²) in [6.45, 7) is 5.02. The van der Waals surface area contributed by atoms with Crippen molar-refractivity contribution in [2.75, 3.05) is 7.11 Å². The molecule has 0 aliphatic rings. The second kappa shape index (κ2) is 5.86. The maximum Gasteiger partial charge on any atom is 0.161 e. The Labute approximate surface area is 125 Å². The van der Waals surface area contributed by atoms with E-state index in [-0.39, 0.29) is 11.7 Å². The number of hydrogen-bond acceptors (Lipinski definition) is 3. The van der Waals surface area contributed by atoms with Gasteiger partial charge in [0.2, 0.25) is 0 Å². The van der Waals surface area contributed by atoms with E-state index in [1.54, 1.807) is 14.0 Å². The molecular weight excluding hydrogens is 264 g/mol. The van der Waals surface area contributed by atoms with Crippen LogP contribution in [0.2, 0.25) is 0 Å². The Kier molecular flexibility index (Phi) is 4.33. The number of methoxy groups -OCH3 is 1. The van der Waals surface area contributed by atoms with E-state index in [0.717, 1.165) is 22.1 Å². The molecule has 0 amide bonds. The molecule has 0 aromatic heterocycles. The van der Waals surface area contributed by atoms with Crippen LogP contribution in [0.4, 0.5) is 0 Å². The lowest BCUT2D eigenvalue weighted by atomic mass is 9.79.